The van der Waals surface area contributed by atoms with Gasteiger partial charge in [-0.05, 0) is 60.7 Å². The van der Waals surface area contributed by atoms with E-state index in [4.69, 9.17) is 16.7 Å². The highest BCUT2D eigenvalue weighted by Gasteiger charge is 2.30. The molecule has 2 aromatic rings. The fourth-order valence-corrected chi connectivity index (χ4v) is 2.80. The number of amidine groups is 1. The van der Waals surface area contributed by atoms with Gasteiger partial charge in [0.2, 0.25) is 0 Å². The van der Waals surface area contributed by atoms with E-state index in [0.717, 1.165) is 35.7 Å². The molecular formula is C19H22F3N5O. The summed E-state index contributed by atoms with van der Waals surface area (Å²) >= 11 is 0. The van der Waals surface area contributed by atoms with Crippen LogP contribution in [0.1, 0.15) is 35.4 Å². The monoisotopic (exact) mass is 393 g/mol. The second-order valence-electron chi connectivity index (χ2n) is 6.65. The van der Waals surface area contributed by atoms with Crippen molar-refractivity contribution in [3.8, 4) is 0 Å². The molecule has 0 unspecified atom stereocenters. The number of alkyl halides is 3. The lowest BCUT2D eigenvalue weighted by molar-refractivity contribution is -0.137. The first-order chi connectivity index (χ1) is 13.3. The number of rotatable bonds is 7. The van der Waals surface area contributed by atoms with Gasteiger partial charge in [0.15, 0.2) is 5.84 Å². The highest BCUT2D eigenvalue weighted by molar-refractivity contribution is 6.03. The quantitative estimate of drug-likeness (QED) is 0.251. The smallest absolute Gasteiger partial charge is 0.394 e. The number of aliphatic hydroxyl groups excluding tert-OH is 1. The van der Waals surface area contributed by atoms with E-state index in [-0.39, 0.29) is 19.0 Å². The molecular weight excluding hydrogens is 371 g/mol. The topological polar surface area (TPSA) is 99.9 Å². The van der Waals surface area contributed by atoms with Gasteiger partial charge in [-0.3, -0.25) is 0 Å². The number of nitrogens with one attached hydrogen (secondary N) is 1. The van der Waals surface area contributed by atoms with E-state index in [9.17, 15) is 13.2 Å². The van der Waals surface area contributed by atoms with Gasteiger partial charge >= 0.3 is 6.18 Å². The van der Waals surface area contributed by atoms with E-state index in [1.165, 1.54) is 12.1 Å². The van der Waals surface area contributed by atoms with E-state index in [1.54, 1.807) is 0 Å². The van der Waals surface area contributed by atoms with Gasteiger partial charge in [-0.1, -0.05) is 6.07 Å². The first-order valence-corrected chi connectivity index (χ1v) is 8.83. The molecule has 0 atom stereocenters. The number of aliphatic hydroxyl groups is 1. The molecule has 0 amide bonds. The van der Waals surface area contributed by atoms with Gasteiger partial charge < -0.3 is 16.2 Å². The van der Waals surface area contributed by atoms with Crippen molar-refractivity contribution in [3.63, 3.8) is 0 Å². The van der Waals surface area contributed by atoms with Crippen LogP contribution in [0.5, 0.6) is 0 Å². The number of nitrogens with two attached hydrogens (primary N) is 2. The van der Waals surface area contributed by atoms with Gasteiger partial charge in [-0.2, -0.15) is 13.2 Å². The standard InChI is InChI=1S/C19H22F3N5O/c20-19(21,22)14-4-6-15(7-5-14)25-17-8-3-13(12-1-2-12)11-16(17)18(23)26-27(24)9-10-28/h3-8,11-12,25,28H,1-2,9-10,24H2,(H2,23,26). The van der Waals surface area contributed by atoms with Crippen LogP contribution in [0.2, 0.25) is 0 Å². The minimum absolute atomic E-state index is 0.116. The lowest BCUT2D eigenvalue weighted by atomic mass is 10.0. The van der Waals surface area contributed by atoms with Crippen molar-refractivity contribution in [2.24, 2.45) is 16.7 Å². The molecule has 0 radical (unpaired) electrons. The van der Waals surface area contributed by atoms with Crippen molar-refractivity contribution in [2.45, 2.75) is 24.9 Å². The molecule has 3 rings (SSSR count). The number of nitrogens with zero attached hydrogens (tertiary/aromatic N) is 2. The Balaban J connectivity index is 1.89. The maximum atomic E-state index is 12.7. The summed E-state index contributed by atoms with van der Waals surface area (Å²) in [6, 6.07) is 10.5. The predicted octanol–water partition coefficient (Wildman–Crippen LogP) is 3.11. The molecule has 1 aliphatic rings. The third-order valence-electron chi connectivity index (χ3n) is 4.42. The van der Waals surface area contributed by atoms with E-state index in [0.29, 0.717) is 22.9 Å². The van der Waals surface area contributed by atoms with Crippen molar-refractivity contribution in [3.05, 3.63) is 59.2 Å². The summed E-state index contributed by atoms with van der Waals surface area (Å²) in [6.45, 7) is -0.0588. The van der Waals surface area contributed by atoms with Crippen LogP contribution in [-0.4, -0.2) is 29.2 Å². The molecule has 0 aromatic heterocycles. The van der Waals surface area contributed by atoms with Crippen molar-refractivity contribution < 1.29 is 18.3 Å². The summed E-state index contributed by atoms with van der Waals surface area (Å²) in [7, 11) is 0. The van der Waals surface area contributed by atoms with Crippen LogP contribution >= 0.6 is 0 Å². The highest BCUT2D eigenvalue weighted by atomic mass is 19.4. The van der Waals surface area contributed by atoms with E-state index < -0.39 is 11.7 Å². The number of benzene rings is 2. The molecule has 9 heteroatoms. The van der Waals surface area contributed by atoms with Crippen LogP contribution in [0, 0.1) is 0 Å². The fraction of sp³-hybridized carbons (Fsp3) is 0.316. The Bertz CT molecular complexity index is 848. The molecule has 150 valence electrons. The van der Waals surface area contributed by atoms with Gasteiger partial charge in [0, 0.05) is 16.9 Å². The lowest BCUT2D eigenvalue weighted by Crippen LogP contribution is -2.32. The third-order valence-corrected chi connectivity index (χ3v) is 4.42. The average molecular weight is 393 g/mol. The second kappa shape index (κ2) is 8.07. The van der Waals surface area contributed by atoms with E-state index in [2.05, 4.69) is 10.4 Å². The minimum atomic E-state index is -4.38. The van der Waals surface area contributed by atoms with Crippen LogP contribution < -0.4 is 16.9 Å². The Kier molecular flexibility index (Phi) is 5.76. The summed E-state index contributed by atoms with van der Waals surface area (Å²) in [4.78, 5) is 0. The average Bonchev–Trinajstić information content (AvgIpc) is 3.47. The predicted molar refractivity (Wildman–Crippen MR) is 102 cm³/mol. The Morgan fingerprint density at radius 1 is 1.18 bits per heavy atom. The van der Waals surface area contributed by atoms with Gasteiger partial charge in [-0.25, -0.2) is 11.0 Å². The molecule has 6 nitrogen and oxygen atoms in total. The maximum Gasteiger partial charge on any atom is 0.416 e. The molecule has 0 heterocycles. The van der Waals surface area contributed by atoms with Gasteiger partial charge in [0.05, 0.1) is 18.7 Å². The molecule has 2 aromatic carbocycles. The normalized spacial score (nSPS) is 14.8. The first kappa shape index (κ1) is 20.0. The number of halogens is 3. The Hall–Kier alpha value is -2.78. The second-order valence-corrected chi connectivity index (χ2v) is 6.65. The molecule has 1 aliphatic carbocycles. The van der Waals surface area contributed by atoms with Crippen LogP contribution in [0.25, 0.3) is 0 Å². The first-order valence-electron chi connectivity index (χ1n) is 8.83. The zero-order valence-electron chi connectivity index (χ0n) is 15.1. The number of hydrogen-bond acceptors (Lipinski definition) is 5. The molecule has 0 aliphatic heterocycles. The number of anilines is 2. The molecule has 1 saturated carbocycles. The summed E-state index contributed by atoms with van der Waals surface area (Å²) in [5.41, 5.74) is 8.20. The zero-order chi connectivity index (χ0) is 20.3. The van der Waals surface area contributed by atoms with Crippen LogP contribution in [0.15, 0.2) is 47.6 Å². The van der Waals surface area contributed by atoms with Crippen molar-refractivity contribution in [1.29, 1.82) is 0 Å². The Morgan fingerprint density at radius 2 is 1.86 bits per heavy atom. The molecule has 6 N–H and O–H groups in total. The number of hydrazine groups is 1. The lowest BCUT2D eigenvalue weighted by Gasteiger charge is -2.16. The SMILES string of the molecule is N/C(=N\N(N)CCO)c1cc(C2CC2)ccc1Nc1ccc(C(F)(F)F)cc1. The summed E-state index contributed by atoms with van der Waals surface area (Å²) in [5, 5.41) is 17.1. The van der Waals surface area contributed by atoms with E-state index in [1.807, 2.05) is 18.2 Å². The zero-order valence-corrected chi connectivity index (χ0v) is 15.1. The molecule has 0 bridgehead atoms. The van der Waals surface area contributed by atoms with Gasteiger partial charge in [-0.15, -0.1) is 5.10 Å². The Morgan fingerprint density at radius 3 is 2.43 bits per heavy atom. The summed E-state index contributed by atoms with van der Waals surface area (Å²) in [5.74, 6) is 6.30. The van der Waals surface area contributed by atoms with Crippen LogP contribution in [0.4, 0.5) is 24.5 Å². The molecule has 1 fully saturated rings. The minimum Gasteiger partial charge on any atom is -0.394 e. The summed E-state index contributed by atoms with van der Waals surface area (Å²) in [6.07, 6.45) is -2.17. The molecule has 0 saturated heterocycles. The van der Waals surface area contributed by atoms with Crippen molar-refractivity contribution in [2.75, 3.05) is 18.5 Å². The largest absolute Gasteiger partial charge is 0.416 e. The Labute approximate surface area is 160 Å². The van der Waals surface area contributed by atoms with Crippen molar-refractivity contribution >= 4 is 17.2 Å². The molecule has 0 spiro atoms. The highest BCUT2D eigenvalue weighted by Crippen LogP contribution is 2.41. The van der Waals surface area contributed by atoms with E-state index >= 15 is 0 Å². The summed E-state index contributed by atoms with van der Waals surface area (Å²) < 4.78 is 38.2. The van der Waals surface area contributed by atoms with Crippen LogP contribution in [-0.2, 0) is 6.18 Å². The number of hydrazone groups is 1. The number of hydrogen-bond donors (Lipinski definition) is 4. The van der Waals surface area contributed by atoms with Crippen molar-refractivity contribution in [1.82, 2.24) is 5.12 Å². The third kappa shape index (κ3) is 4.93. The van der Waals surface area contributed by atoms with Gasteiger partial charge in [0.25, 0.3) is 0 Å². The van der Waals surface area contributed by atoms with Gasteiger partial charge in [0.1, 0.15) is 0 Å². The van der Waals surface area contributed by atoms with Crippen LogP contribution in [0.3, 0.4) is 0 Å². The molecule has 28 heavy (non-hydrogen) atoms. The maximum absolute atomic E-state index is 12.7. The fourth-order valence-electron chi connectivity index (χ4n) is 2.80.